The number of unbranched alkanes of at least 4 members (excludes halogenated alkanes) is 1. The van der Waals surface area contributed by atoms with Crippen LogP contribution in [0.3, 0.4) is 0 Å². The van der Waals surface area contributed by atoms with Crippen LogP contribution in [-0.4, -0.2) is 26.5 Å². The predicted molar refractivity (Wildman–Crippen MR) is 68.9 cm³/mol. The summed E-state index contributed by atoms with van der Waals surface area (Å²) in [7, 11) is 0. The zero-order valence-corrected chi connectivity index (χ0v) is 11.3. The first-order valence-electron chi connectivity index (χ1n) is 6.74. The molecule has 0 spiro atoms. The fourth-order valence-electron chi connectivity index (χ4n) is 1.74. The largest absolute Gasteiger partial charge is 0.396 e. The standard InChI is InChI=1S/C13H25N3O/c1-4-6-8-16-13(7-9-17)14-12(15-16)10-11(3)5-2/h11,17H,4-10H2,1-3H3/t11-/m1/s1. The molecule has 0 aliphatic heterocycles. The third-order valence-corrected chi connectivity index (χ3v) is 3.08. The van der Waals surface area contributed by atoms with E-state index in [0.717, 1.165) is 43.9 Å². The lowest BCUT2D eigenvalue weighted by Crippen LogP contribution is -2.07. The molecule has 0 unspecified atom stereocenters. The molecule has 0 saturated heterocycles. The Bertz CT molecular complexity index is 322. The van der Waals surface area contributed by atoms with Gasteiger partial charge in [0.2, 0.25) is 0 Å². The van der Waals surface area contributed by atoms with E-state index >= 15 is 0 Å². The van der Waals surface area contributed by atoms with E-state index in [2.05, 4.69) is 30.9 Å². The fraction of sp³-hybridized carbons (Fsp3) is 0.846. The zero-order chi connectivity index (χ0) is 12.7. The summed E-state index contributed by atoms with van der Waals surface area (Å²) in [4.78, 5) is 4.53. The van der Waals surface area contributed by atoms with Gasteiger partial charge < -0.3 is 5.11 Å². The summed E-state index contributed by atoms with van der Waals surface area (Å²) in [6, 6.07) is 0. The number of hydrogen-bond donors (Lipinski definition) is 1. The highest BCUT2D eigenvalue weighted by Gasteiger charge is 2.11. The number of nitrogens with zero attached hydrogens (tertiary/aromatic N) is 3. The van der Waals surface area contributed by atoms with E-state index in [9.17, 15) is 0 Å². The Hall–Kier alpha value is -0.900. The quantitative estimate of drug-likeness (QED) is 0.756. The number of aryl methyl sites for hydroxylation is 1. The van der Waals surface area contributed by atoms with E-state index in [1.54, 1.807) is 0 Å². The van der Waals surface area contributed by atoms with E-state index < -0.39 is 0 Å². The van der Waals surface area contributed by atoms with Gasteiger partial charge >= 0.3 is 0 Å². The first-order chi connectivity index (χ1) is 8.21. The van der Waals surface area contributed by atoms with E-state index in [4.69, 9.17) is 5.11 Å². The van der Waals surface area contributed by atoms with Crippen molar-refractivity contribution in [2.45, 2.75) is 59.4 Å². The molecule has 0 radical (unpaired) electrons. The van der Waals surface area contributed by atoms with Gasteiger partial charge in [-0.05, 0) is 12.3 Å². The molecule has 17 heavy (non-hydrogen) atoms. The van der Waals surface area contributed by atoms with Crippen LogP contribution in [0.1, 0.15) is 51.7 Å². The van der Waals surface area contributed by atoms with Crippen LogP contribution in [0, 0.1) is 5.92 Å². The highest BCUT2D eigenvalue weighted by molar-refractivity contribution is 4.94. The molecule has 0 bridgehead atoms. The molecular formula is C13H25N3O. The topological polar surface area (TPSA) is 50.9 Å². The molecule has 1 N–H and O–H groups in total. The van der Waals surface area contributed by atoms with E-state index in [1.165, 1.54) is 0 Å². The van der Waals surface area contributed by atoms with Crippen LogP contribution in [0.4, 0.5) is 0 Å². The second-order valence-corrected chi connectivity index (χ2v) is 4.71. The van der Waals surface area contributed by atoms with E-state index in [0.29, 0.717) is 12.3 Å². The lowest BCUT2D eigenvalue weighted by Gasteiger charge is -2.03. The smallest absolute Gasteiger partial charge is 0.151 e. The molecule has 4 nitrogen and oxygen atoms in total. The third-order valence-electron chi connectivity index (χ3n) is 3.08. The highest BCUT2D eigenvalue weighted by atomic mass is 16.3. The predicted octanol–water partition coefficient (Wildman–Crippen LogP) is 2.20. The van der Waals surface area contributed by atoms with Crippen LogP contribution in [-0.2, 0) is 19.4 Å². The number of aliphatic hydroxyl groups excluding tert-OH is 1. The van der Waals surface area contributed by atoms with Crippen LogP contribution in [0.25, 0.3) is 0 Å². The Morgan fingerprint density at radius 2 is 2.12 bits per heavy atom. The average molecular weight is 239 g/mol. The Morgan fingerprint density at radius 1 is 1.35 bits per heavy atom. The molecule has 1 heterocycles. The molecule has 0 saturated carbocycles. The zero-order valence-electron chi connectivity index (χ0n) is 11.3. The van der Waals surface area contributed by atoms with Crippen LogP contribution in [0.5, 0.6) is 0 Å². The first-order valence-corrected chi connectivity index (χ1v) is 6.74. The van der Waals surface area contributed by atoms with Gasteiger partial charge in [-0.25, -0.2) is 9.67 Å². The van der Waals surface area contributed by atoms with Crippen molar-refractivity contribution in [2.24, 2.45) is 5.92 Å². The summed E-state index contributed by atoms with van der Waals surface area (Å²) >= 11 is 0. The van der Waals surface area contributed by atoms with Crippen LogP contribution < -0.4 is 0 Å². The van der Waals surface area contributed by atoms with Crippen molar-refractivity contribution in [3.63, 3.8) is 0 Å². The number of aromatic nitrogens is 3. The minimum atomic E-state index is 0.146. The van der Waals surface area contributed by atoms with Gasteiger partial charge in [-0.15, -0.1) is 0 Å². The summed E-state index contributed by atoms with van der Waals surface area (Å²) in [5.74, 6) is 2.48. The Labute approximate surface area is 104 Å². The maximum absolute atomic E-state index is 9.03. The van der Waals surface area contributed by atoms with Gasteiger partial charge in [0.15, 0.2) is 5.82 Å². The van der Waals surface area contributed by atoms with Crippen LogP contribution in [0.15, 0.2) is 0 Å². The van der Waals surface area contributed by atoms with Gasteiger partial charge in [0.1, 0.15) is 5.82 Å². The summed E-state index contributed by atoms with van der Waals surface area (Å²) < 4.78 is 1.97. The minimum Gasteiger partial charge on any atom is -0.396 e. The lowest BCUT2D eigenvalue weighted by molar-refractivity contribution is 0.293. The summed E-state index contributed by atoms with van der Waals surface area (Å²) in [5, 5.41) is 13.6. The average Bonchev–Trinajstić information content (AvgIpc) is 2.69. The molecule has 1 atom stereocenters. The van der Waals surface area contributed by atoms with Gasteiger partial charge in [-0.3, -0.25) is 0 Å². The molecule has 98 valence electrons. The maximum Gasteiger partial charge on any atom is 0.151 e. The van der Waals surface area contributed by atoms with Crippen molar-refractivity contribution in [3.8, 4) is 0 Å². The van der Waals surface area contributed by atoms with E-state index in [-0.39, 0.29) is 6.61 Å². The van der Waals surface area contributed by atoms with Crippen molar-refractivity contribution < 1.29 is 5.11 Å². The molecule has 0 amide bonds. The minimum absolute atomic E-state index is 0.146. The highest BCUT2D eigenvalue weighted by Crippen LogP contribution is 2.10. The Kier molecular flexibility index (Phi) is 6.19. The molecule has 4 heteroatoms. The van der Waals surface area contributed by atoms with Crippen molar-refractivity contribution in [2.75, 3.05) is 6.61 Å². The number of hydrogen-bond acceptors (Lipinski definition) is 3. The van der Waals surface area contributed by atoms with Crippen molar-refractivity contribution >= 4 is 0 Å². The molecule has 0 aliphatic carbocycles. The fourth-order valence-corrected chi connectivity index (χ4v) is 1.74. The Balaban J connectivity index is 2.72. The summed E-state index contributed by atoms with van der Waals surface area (Å²) in [6.45, 7) is 7.64. The molecule has 0 aromatic carbocycles. The van der Waals surface area contributed by atoms with Crippen LogP contribution in [0.2, 0.25) is 0 Å². The van der Waals surface area contributed by atoms with Crippen molar-refractivity contribution in [1.82, 2.24) is 14.8 Å². The molecule has 1 rings (SSSR count). The second kappa shape index (κ2) is 7.43. The maximum atomic E-state index is 9.03. The summed E-state index contributed by atoms with van der Waals surface area (Å²) in [5.41, 5.74) is 0. The van der Waals surface area contributed by atoms with Gasteiger partial charge in [0.05, 0.1) is 6.61 Å². The van der Waals surface area contributed by atoms with Gasteiger partial charge in [-0.2, -0.15) is 5.10 Å². The molecule has 1 aromatic heterocycles. The molecule has 1 aromatic rings. The Morgan fingerprint density at radius 3 is 2.71 bits per heavy atom. The second-order valence-electron chi connectivity index (χ2n) is 4.71. The first kappa shape index (κ1) is 14.2. The SMILES string of the molecule is CCCCn1nc(C[C@H](C)CC)nc1CCO. The normalized spacial score (nSPS) is 12.9. The van der Waals surface area contributed by atoms with Gasteiger partial charge in [0.25, 0.3) is 0 Å². The van der Waals surface area contributed by atoms with Crippen molar-refractivity contribution in [1.29, 1.82) is 0 Å². The lowest BCUT2D eigenvalue weighted by atomic mass is 10.1. The molecular weight excluding hydrogens is 214 g/mol. The molecule has 0 fully saturated rings. The summed E-state index contributed by atoms with van der Waals surface area (Å²) in [6.07, 6.45) is 4.97. The van der Waals surface area contributed by atoms with E-state index in [1.807, 2.05) is 4.68 Å². The molecule has 0 aliphatic rings. The third kappa shape index (κ3) is 4.46. The number of rotatable bonds is 8. The van der Waals surface area contributed by atoms with Gasteiger partial charge in [0, 0.05) is 19.4 Å². The number of aliphatic hydroxyl groups is 1. The van der Waals surface area contributed by atoms with Crippen molar-refractivity contribution in [3.05, 3.63) is 11.6 Å². The monoisotopic (exact) mass is 239 g/mol. The van der Waals surface area contributed by atoms with Crippen LogP contribution >= 0.6 is 0 Å². The van der Waals surface area contributed by atoms with Gasteiger partial charge in [-0.1, -0.05) is 33.6 Å².